The van der Waals surface area contributed by atoms with Crippen molar-refractivity contribution in [3.63, 3.8) is 0 Å². The van der Waals surface area contributed by atoms with Gasteiger partial charge in [0.2, 0.25) is 5.95 Å². The van der Waals surface area contributed by atoms with Crippen molar-refractivity contribution < 1.29 is 9.66 Å². The Balaban J connectivity index is 2.63. The average molecular weight is 274 g/mol. The number of nitrogens with one attached hydrogen (secondary N) is 1. The molecule has 1 heterocycles. The summed E-state index contributed by atoms with van der Waals surface area (Å²) in [4.78, 5) is 18.7. The van der Waals surface area contributed by atoms with Crippen LogP contribution in [0.2, 0.25) is 0 Å². The maximum Gasteiger partial charge on any atom is 0.313 e. The Morgan fingerprint density at radius 3 is 2.70 bits per heavy atom. The van der Waals surface area contributed by atoms with Gasteiger partial charge >= 0.3 is 5.69 Å². The third kappa shape index (κ3) is 2.51. The largest absolute Gasteiger partial charge is 0.497 e. The van der Waals surface area contributed by atoms with E-state index in [9.17, 15) is 10.1 Å². The molecule has 0 unspecified atom stereocenters. The fourth-order valence-electron chi connectivity index (χ4n) is 1.86. The molecule has 0 aliphatic rings. The van der Waals surface area contributed by atoms with Crippen LogP contribution in [-0.4, -0.2) is 29.0 Å². The van der Waals surface area contributed by atoms with E-state index in [0.717, 1.165) is 5.56 Å². The minimum Gasteiger partial charge on any atom is -0.497 e. The molecule has 1 aromatic carbocycles. The van der Waals surface area contributed by atoms with E-state index in [-0.39, 0.29) is 11.4 Å². The van der Waals surface area contributed by atoms with Gasteiger partial charge in [0.15, 0.2) is 5.69 Å². The van der Waals surface area contributed by atoms with E-state index < -0.39 is 4.92 Å². The van der Waals surface area contributed by atoms with E-state index in [4.69, 9.17) is 4.74 Å². The minimum atomic E-state index is -0.488. The number of ether oxygens (including phenoxy) is 1. The van der Waals surface area contributed by atoms with Crippen LogP contribution in [0.4, 0.5) is 11.6 Å². The van der Waals surface area contributed by atoms with E-state index in [2.05, 4.69) is 15.3 Å². The molecule has 0 saturated carbocycles. The van der Waals surface area contributed by atoms with E-state index in [1.807, 2.05) is 6.92 Å². The molecule has 0 aliphatic carbocycles. The van der Waals surface area contributed by atoms with Crippen molar-refractivity contribution in [2.45, 2.75) is 6.92 Å². The number of nitro groups is 1. The number of methoxy groups -OCH3 is 1. The molecule has 1 N–H and O–H groups in total. The minimum absolute atomic E-state index is 0.128. The van der Waals surface area contributed by atoms with Crippen LogP contribution in [0.5, 0.6) is 5.75 Å². The summed E-state index contributed by atoms with van der Waals surface area (Å²) in [6.45, 7) is 1.85. The van der Waals surface area contributed by atoms with Crippen LogP contribution in [0.25, 0.3) is 11.3 Å². The number of aromatic nitrogens is 2. The van der Waals surface area contributed by atoms with Crippen LogP contribution in [0.1, 0.15) is 5.56 Å². The summed E-state index contributed by atoms with van der Waals surface area (Å²) in [7, 11) is 3.23. The van der Waals surface area contributed by atoms with Crippen molar-refractivity contribution in [3.8, 4) is 17.0 Å². The number of benzene rings is 1. The molecule has 1 aromatic heterocycles. The highest BCUT2D eigenvalue weighted by atomic mass is 16.6. The van der Waals surface area contributed by atoms with Gasteiger partial charge in [-0.25, -0.2) is 9.97 Å². The second-order valence-electron chi connectivity index (χ2n) is 4.12. The molecule has 0 fully saturated rings. The Morgan fingerprint density at radius 2 is 2.15 bits per heavy atom. The molecule has 0 amide bonds. The molecule has 0 aliphatic heterocycles. The molecule has 7 nitrogen and oxygen atoms in total. The fourth-order valence-corrected chi connectivity index (χ4v) is 1.86. The Hall–Kier alpha value is -2.70. The van der Waals surface area contributed by atoms with Crippen molar-refractivity contribution in [2.24, 2.45) is 0 Å². The Kier molecular flexibility index (Phi) is 3.79. The van der Waals surface area contributed by atoms with E-state index in [1.165, 1.54) is 6.20 Å². The highest BCUT2D eigenvalue weighted by Gasteiger charge is 2.20. The molecule has 0 saturated heterocycles. The van der Waals surface area contributed by atoms with Crippen molar-refractivity contribution in [1.82, 2.24) is 9.97 Å². The SMILES string of the molecule is CNc1ncc([N+](=O)[O-])c(-c2ccc(OC)cc2C)n1. The van der Waals surface area contributed by atoms with Gasteiger partial charge < -0.3 is 10.1 Å². The summed E-state index contributed by atoms with van der Waals surface area (Å²) in [5.74, 6) is 1.03. The maximum atomic E-state index is 11.1. The Morgan fingerprint density at radius 1 is 1.40 bits per heavy atom. The van der Waals surface area contributed by atoms with Crippen molar-refractivity contribution in [2.75, 3.05) is 19.5 Å². The third-order valence-corrected chi connectivity index (χ3v) is 2.88. The van der Waals surface area contributed by atoms with Gasteiger partial charge in [0.1, 0.15) is 11.9 Å². The van der Waals surface area contributed by atoms with Gasteiger partial charge in [-0.15, -0.1) is 0 Å². The maximum absolute atomic E-state index is 11.1. The quantitative estimate of drug-likeness (QED) is 0.680. The lowest BCUT2D eigenvalue weighted by Gasteiger charge is -2.09. The van der Waals surface area contributed by atoms with Gasteiger partial charge in [-0.2, -0.15) is 0 Å². The van der Waals surface area contributed by atoms with Gasteiger partial charge in [0, 0.05) is 12.6 Å². The first-order valence-electron chi connectivity index (χ1n) is 5.91. The number of hydrogen-bond acceptors (Lipinski definition) is 6. The first-order chi connectivity index (χ1) is 9.56. The van der Waals surface area contributed by atoms with Gasteiger partial charge in [0.25, 0.3) is 0 Å². The van der Waals surface area contributed by atoms with E-state index in [0.29, 0.717) is 17.3 Å². The zero-order valence-corrected chi connectivity index (χ0v) is 11.4. The predicted molar refractivity (Wildman–Crippen MR) is 75.0 cm³/mol. The van der Waals surface area contributed by atoms with Crippen LogP contribution in [0.15, 0.2) is 24.4 Å². The highest BCUT2D eigenvalue weighted by Crippen LogP contribution is 2.32. The summed E-state index contributed by atoms with van der Waals surface area (Å²) in [5, 5.41) is 13.9. The van der Waals surface area contributed by atoms with Crippen LogP contribution in [-0.2, 0) is 0 Å². The number of nitrogens with zero attached hydrogens (tertiary/aromatic N) is 3. The standard InChI is InChI=1S/C13H14N4O3/c1-8-6-9(20-3)4-5-10(8)12-11(17(18)19)7-15-13(14-2)16-12/h4-7H,1-3H3,(H,14,15,16). The van der Waals surface area contributed by atoms with Gasteiger partial charge in [-0.1, -0.05) is 0 Å². The van der Waals surface area contributed by atoms with Crippen LogP contribution in [0.3, 0.4) is 0 Å². The lowest BCUT2D eigenvalue weighted by molar-refractivity contribution is -0.384. The zero-order valence-electron chi connectivity index (χ0n) is 11.4. The molecule has 7 heteroatoms. The zero-order chi connectivity index (χ0) is 14.7. The number of anilines is 1. The third-order valence-electron chi connectivity index (χ3n) is 2.88. The number of hydrogen-bond donors (Lipinski definition) is 1. The first kappa shape index (κ1) is 13.7. The topological polar surface area (TPSA) is 90.2 Å². The van der Waals surface area contributed by atoms with E-state index in [1.54, 1.807) is 32.4 Å². The normalized spacial score (nSPS) is 10.2. The average Bonchev–Trinajstić information content (AvgIpc) is 2.46. The summed E-state index contributed by atoms with van der Waals surface area (Å²) >= 11 is 0. The lowest BCUT2D eigenvalue weighted by Crippen LogP contribution is -2.02. The van der Waals surface area contributed by atoms with Crippen LogP contribution >= 0.6 is 0 Å². The van der Waals surface area contributed by atoms with Crippen LogP contribution in [0, 0.1) is 17.0 Å². The molecule has 2 aromatic rings. The second-order valence-corrected chi connectivity index (χ2v) is 4.12. The molecular formula is C13H14N4O3. The molecule has 0 bridgehead atoms. The number of rotatable bonds is 4. The molecular weight excluding hydrogens is 260 g/mol. The first-order valence-corrected chi connectivity index (χ1v) is 5.91. The van der Waals surface area contributed by atoms with Gasteiger partial charge in [-0.05, 0) is 30.7 Å². The summed E-state index contributed by atoms with van der Waals surface area (Å²) in [6, 6.07) is 5.30. The van der Waals surface area contributed by atoms with Crippen LogP contribution < -0.4 is 10.1 Å². The fraction of sp³-hybridized carbons (Fsp3) is 0.231. The highest BCUT2D eigenvalue weighted by molar-refractivity contribution is 5.73. The summed E-state index contributed by atoms with van der Waals surface area (Å²) < 4.78 is 5.13. The smallest absolute Gasteiger partial charge is 0.313 e. The van der Waals surface area contributed by atoms with E-state index >= 15 is 0 Å². The molecule has 20 heavy (non-hydrogen) atoms. The summed E-state index contributed by atoms with van der Waals surface area (Å²) in [6.07, 6.45) is 1.21. The molecule has 2 rings (SSSR count). The predicted octanol–water partition coefficient (Wildman–Crippen LogP) is 2.41. The lowest BCUT2D eigenvalue weighted by atomic mass is 10.0. The molecule has 0 atom stereocenters. The molecule has 0 radical (unpaired) electrons. The molecule has 104 valence electrons. The monoisotopic (exact) mass is 274 g/mol. The summed E-state index contributed by atoms with van der Waals surface area (Å²) in [5.41, 5.74) is 1.68. The van der Waals surface area contributed by atoms with Gasteiger partial charge in [0.05, 0.1) is 12.0 Å². The second kappa shape index (κ2) is 5.52. The van der Waals surface area contributed by atoms with Crippen molar-refractivity contribution >= 4 is 11.6 Å². The Bertz CT molecular complexity index is 658. The Labute approximate surface area is 115 Å². The van der Waals surface area contributed by atoms with Crippen molar-refractivity contribution in [3.05, 3.63) is 40.1 Å². The number of aryl methyl sites for hydroxylation is 1. The molecule has 0 spiro atoms. The van der Waals surface area contributed by atoms with Crippen molar-refractivity contribution in [1.29, 1.82) is 0 Å². The van der Waals surface area contributed by atoms with Gasteiger partial charge in [-0.3, -0.25) is 10.1 Å².